The second-order valence-electron chi connectivity index (χ2n) is 6.02. The van der Waals surface area contributed by atoms with Crippen LogP contribution in [0.2, 0.25) is 0 Å². The van der Waals surface area contributed by atoms with E-state index in [1.54, 1.807) is 6.07 Å². The summed E-state index contributed by atoms with van der Waals surface area (Å²) in [6.45, 7) is 7.77. The van der Waals surface area contributed by atoms with E-state index in [9.17, 15) is 4.79 Å². The Hall–Kier alpha value is -1.03. The molecular weight excluding hydrogens is 330 g/mol. The molecule has 0 aliphatic heterocycles. The molecule has 1 aromatic rings. The molecule has 1 amide bonds. The highest BCUT2D eigenvalue weighted by Gasteiger charge is 2.18. The number of benzene rings is 1. The Labute approximate surface area is 136 Å². The smallest absolute Gasteiger partial charge is 0.251 e. The third-order valence-electron chi connectivity index (χ3n) is 3.28. The standard InChI is InChI=1S/C17H26BrNO2/c1-4-11-21-15-8-5-7-14(12-15)16(20)19-13-17(2,3)9-6-10-18/h5,7-8,12H,4,6,9-11,13H2,1-3H3,(H,19,20). The second-order valence-corrected chi connectivity index (χ2v) is 6.81. The van der Waals surface area contributed by atoms with Crippen LogP contribution in [0.15, 0.2) is 24.3 Å². The van der Waals surface area contributed by atoms with Crippen molar-refractivity contribution in [1.29, 1.82) is 0 Å². The first kappa shape index (κ1) is 18.0. The summed E-state index contributed by atoms with van der Waals surface area (Å²) in [5.41, 5.74) is 0.764. The van der Waals surface area contributed by atoms with Crippen LogP contribution in [0.25, 0.3) is 0 Å². The predicted octanol–water partition coefficient (Wildman–Crippen LogP) is 4.41. The van der Waals surface area contributed by atoms with Crippen molar-refractivity contribution in [1.82, 2.24) is 5.32 Å². The first-order valence-corrected chi connectivity index (χ1v) is 8.67. The van der Waals surface area contributed by atoms with Gasteiger partial charge in [-0.05, 0) is 42.9 Å². The summed E-state index contributed by atoms with van der Waals surface area (Å²) in [5.74, 6) is 0.715. The van der Waals surface area contributed by atoms with Gasteiger partial charge in [-0.1, -0.05) is 42.8 Å². The minimum absolute atomic E-state index is 0.0381. The van der Waals surface area contributed by atoms with Crippen LogP contribution < -0.4 is 10.1 Å². The van der Waals surface area contributed by atoms with Crippen LogP contribution in [0, 0.1) is 5.41 Å². The highest BCUT2D eigenvalue weighted by molar-refractivity contribution is 9.09. The van der Waals surface area contributed by atoms with Gasteiger partial charge in [-0.15, -0.1) is 0 Å². The molecule has 0 atom stereocenters. The minimum Gasteiger partial charge on any atom is -0.494 e. The quantitative estimate of drug-likeness (QED) is 0.666. The van der Waals surface area contributed by atoms with Crippen molar-refractivity contribution in [3.05, 3.63) is 29.8 Å². The number of amides is 1. The molecule has 0 aliphatic carbocycles. The largest absolute Gasteiger partial charge is 0.494 e. The van der Waals surface area contributed by atoms with E-state index in [0.717, 1.165) is 30.3 Å². The Balaban J connectivity index is 2.55. The maximum absolute atomic E-state index is 12.2. The fourth-order valence-electron chi connectivity index (χ4n) is 2.00. The fraction of sp³-hybridized carbons (Fsp3) is 0.588. The number of carbonyl (C=O) groups is 1. The van der Waals surface area contributed by atoms with Crippen LogP contribution in [0.4, 0.5) is 0 Å². The number of ether oxygens (including phenoxy) is 1. The summed E-state index contributed by atoms with van der Waals surface area (Å²) in [4.78, 5) is 12.2. The molecule has 0 radical (unpaired) electrons. The Kier molecular flexibility index (Phi) is 7.79. The number of halogens is 1. The molecule has 118 valence electrons. The lowest BCUT2D eigenvalue weighted by Crippen LogP contribution is -2.34. The summed E-state index contributed by atoms with van der Waals surface area (Å²) in [7, 11) is 0. The molecule has 0 fully saturated rings. The number of hydrogen-bond donors (Lipinski definition) is 1. The summed E-state index contributed by atoms with van der Waals surface area (Å²) in [6.07, 6.45) is 3.15. The van der Waals surface area contributed by atoms with Crippen molar-refractivity contribution in [3.63, 3.8) is 0 Å². The van der Waals surface area contributed by atoms with E-state index < -0.39 is 0 Å². The molecule has 21 heavy (non-hydrogen) atoms. The number of rotatable bonds is 9. The average molecular weight is 356 g/mol. The molecule has 3 nitrogen and oxygen atoms in total. The van der Waals surface area contributed by atoms with Crippen LogP contribution in [-0.4, -0.2) is 24.4 Å². The number of alkyl halides is 1. The van der Waals surface area contributed by atoms with Crippen LogP contribution in [0.3, 0.4) is 0 Å². The predicted molar refractivity (Wildman–Crippen MR) is 91.4 cm³/mol. The Morgan fingerprint density at radius 1 is 1.38 bits per heavy atom. The lowest BCUT2D eigenvalue weighted by Gasteiger charge is -2.24. The van der Waals surface area contributed by atoms with Crippen molar-refractivity contribution in [2.75, 3.05) is 18.5 Å². The molecule has 0 unspecified atom stereocenters. The van der Waals surface area contributed by atoms with Gasteiger partial charge >= 0.3 is 0 Å². The second kappa shape index (κ2) is 9.08. The molecule has 0 aliphatic rings. The molecule has 0 bridgehead atoms. The van der Waals surface area contributed by atoms with E-state index in [2.05, 4.69) is 42.0 Å². The summed E-state index contributed by atoms with van der Waals surface area (Å²) < 4.78 is 5.56. The van der Waals surface area contributed by atoms with Crippen LogP contribution in [-0.2, 0) is 0 Å². The van der Waals surface area contributed by atoms with E-state index in [4.69, 9.17) is 4.74 Å². The van der Waals surface area contributed by atoms with Crippen LogP contribution >= 0.6 is 15.9 Å². The van der Waals surface area contributed by atoms with Gasteiger partial charge in [0.1, 0.15) is 5.75 Å². The van der Waals surface area contributed by atoms with E-state index in [1.165, 1.54) is 0 Å². The molecule has 0 aromatic heterocycles. The van der Waals surface area contributed by atoms with E-state index in [-0.39, 0.29) is 11.3 Å². The molecule has 0 saturated carbocycles. The molecule has 1 N–H and O–H groups in total. The Morgan fingerprint density at radius 3 is 2.81 bits per heavy atom. The van der Waals surface area contributed by atoms with Crippen LogP contribution in [0.5, 0.6) is 5.75 Å². The maximum atomic E-state index is 12.2. The van der Waals surface area contributed by atoms with Crippen molar-refractivity contribution in [2.45, 2.75) is 40.0 Å². The van der Waals surface area contributed by atoms with Crippen molar-refractivity contribution >= 4 is 21.8 Å². The monoisotopic (exact) mass is 355 g/mol. The molecule has 0 heterocycles. The van der Waals surface area contributed by atoms with Gasteiger partial charge < -0.3 is 10.1 Å². The molecule has 0 spiro atoms. The van der Waals surface area contributed by atoms with Crippen LogP contribution in [0.1, 0.15) is 50.4 Å². The number of hydrogen-bond acceptors (Lipinski definition) is 2. The normalized spacial score (nSPS) is 11.2. The van der Waals surface area contributed by atoms with Gasteiger partial charge in [-0.2, -0.15) is 0 Å². The van der Waals surface area contributed by atoms with Gasteiger partial charge in [-0.3, -0.25) is 4.79 Å². The molecule has 4 heteroatoms. The van der Waals surface area contributed by atoms with Gasteiger partial charge in [0.2, 0.25) is 0 Å². The van der Waals surface area contributed by atoms with Gasteiger partial charge in [0.15, 0.2) is 0 Å². The highest BCUT2D eigenvalue weighted by atomic mass is 79.9. The maximum Gasteiger partial charge on any atom is 0.251 e. The van der Waals surface area contributed by atoms with Crippen molar-refractivity contribution in [2.24, 2.45) is 5.41 Å². The highest BCUT2D eigenvalue weighted by Crippen LogP contribution is 2.22. The third-order valence-corrected chi connectivity index (χ3v) is 3.84. The van der Waals surface area contributed by atoms with Gasteiger partial charge in [0, 0.05) is 17.4 Å². The van der Waals surface area contributed by atoms with Crippen molar-refractivity contribution < 1.29 is 9.53 Å². The zero-order chi connectivity index (χ0) is 15.7. The SMILES string of the molecule is CCCOc1cccc(C(=O)NCC(C)(C)CCCBr)c1. The molecule has 0 saturated heterocycles. The summed E-state index contributed by atoms with van der Waals surface area (Å²) in [6, 6.07) is 7.36. The zero-order valence-corrected chi connectivity index (χ0v) is 14.8. The first-order chi connectivity index (χ1) is 9.98. The molecule has 1 rings (SSSR count). The number of nitrogens with one attached hydrogen (secondary N) is 1. The average Bonchev–Trinajstić information content (AvgIpc) is 2.49. The molecular formula is C17H26BrNO2. The van der Waals surface area contributed by atoms with Gasteiger partial charge in [-0.25, -0.2) is 0 Å². The third kappa shape index (κ3) is 6.98. The lowest BCUT2D eigenvalue weighted by molar-refractivity contribution is 0.0934. The Morgan fingerprint density at radius 2 is 2.14 bits per heavy atom. The van der Waals surface area contributed by atoms with Gasteiger partial charge in [0.25, 0.3) is 5.91 Å². The Bertz CT molecular complexity index is 446. The van der Waals surface area contributed by atoms with E-state index in [1.807, 2.05) is 18.2 Å². The molecule has 1 aromatic carbocycles. The summed E-state index contributed by atoms with van der Waals surface area (Å²) in [5, 5.41) is 4.02. The topological polar surface area (TPSA) is 38.3 Å². The van der Waals surface area contributed by atoms with Gasteiger partial charge in [0.05, 0.1) is 6.61 Å². The minimum atomic E-state index is -0.0381. The number of carbonyl (C=O) groups excluding carboxylic acids is 1. The van der Waals surface area contributed by atoms with E-state index in [0.29, 0.717) is 18.7 Å². The van der Waals surface area contributed by atoms with E-state index >= 15 is 0 Å². The lowest BCUT2D eigenvalue weighted by atomic mass is 9.88. The first-order valence-electron chi connectivity index (χ1n) is 7.55. The summed E-state index contributed by atoms with van der Waals surface area (Å²) >= 11 is 3.45. The zero-order valence-electron chi connectivity index (χ0n) is 13.2. The van der Waals surface area contributed by atoms with Crippen molar-refractivity contribution in [3.8, 4) is 5.75 Å². The fourth-order valence-corrected chi connectivity index (χ4v) is 2.28.